The number of hydrogen-bond acceptors (Lipinski definition) is 3. The Labute approximate surface area is 83.2 Å². The van der Waals surface area contributed by atoms with Crippen LogP contribution >= 0.6 is 7.60 Å². The van der Waals surface area contributed by atoms with E-state index in [0.29, 0.717) is 19.4 Å². The summed E-state index contributed by atoms with van der Waals surface area (Å²) in [6.45, 7) is 2.36. The summed E-state index contributed by atoms with van der Waals surface area (Å²) in [7, 11) is -3.93. The highest BCUT2D eigenvalue weighted by Crippen LogP contribution is 2.36. The quantitative estimate of drug-likeness (QED) is 0.602. The van der Waals surface area contributed by atoms with Crippen LogP contribution in [0.25, 0.3) is 0 Å². The number of aliphatic hydroxyl groups excluding tert-OH is 1. The number of rotatable bonds is 3. The Morgan fingerprint density at radius 1 is 1.50 bits per heavy atom. The van der Waals surface area contributed by atoms with E-state index >= 15 is 0 Å². The Kier molecular flexibility index (Phi) is 4.10. The summed E-state index contributed by atoms with van der Waals surface area (Å²) in [5.41, 5.74) is 0. The molecule has 0 radical (unpaired) electrons. The molecule has 84 valence electrons. The molecule has 1 aliphatic heterocycles. The van der Waals surface area contributed by atoms with Crippen molar-refractivity contribution in [1.29, 1.82) is 0 Å². The highest BCUT2D eigenvalue weighted by atomic mass is 31.2. The first kappa shape index (κ1) is 12.1. The molecule has 1 heterocycles. The van der Waals surface area contributed by atoms with Gasteiger partial charge in [-0.2, -0.15) is 0 Å². The van der Waals surface area contributed by atoms with Crippen LogP contribution in [0.5, 0.6) is 0 Å². The first-order valence-corrected chi connectivity index (χ1v) is 6.52. The standard InChI is InChI=1S/C8H17O5P/c1-6-5-13-7(4-8(6)9)2-3-14(10,11)12/h6-9H,2-5H2,1H3,(H2,10,11,12)/t6?,7-,8+/m1/s1. The van der Waals surface area contributed by atoms with Crippen LogP contribution in [-0.2, 0) is 9.30 Å². The van der Waals surface area contributed by atoms with Crippen LogP contribution in [0, 0.1) is 5.92 Å². The molecule has 1 saturated heterocycles. The van der Waals surface area contributed by atoms with Gasteiger partial charge in [0, 0.05) is 5.92 Å². The zero-order valence-electron chi connectivity index (χ0n) is 8.17. The fraction of sp³-hybridized carbons (Fsp3) is 1.00. The predicted octanol–water partition coefficient (Wildman–Crippen LogP) is 0.340. The summed E-state index contributed by atoms with van der Waals surface area (Å²) in [5, 5.41) is 9.50. The third kappa shape index (κ3) is 4.07. The monoisotopic (exact) mass is 224 g/mol. The van der Waals surface area contributed by atoms with Crippen molar-refractivity contribution in [3.8, 4) is 0 Å². The van der Waals surface area contributed by atoms with Crippen molar-refractivity contribution in [2.75, 3.05) is 12.8 Å². The molecule has 1 rings (SSSR count). The molecule has 0 aromatic rings. The van der Waals surface area contributed by atoms with Crippen molar-refractivity contribution in [1.82, 2.24) is 0 Å². The lowest BCUT2D eigenvalue weighted by molar-refractivity contribution is -0.0780. The van der Waals surface area contributed by atoms with Crippen LogP contribution in [0.3, 0.4) is 0 Å². The van der Waals surface area contributed by atoms with Crippen LogP contribution in [0.1, 0.15) is 19.8 Å². The van der Waals surface area contributed by atoms with Gasteiger partial charge < -0.3 is 19.6 Å². The summed E-state index contributed by atoms with van der Waals surface area (Å²) in [6.07, 6.45) is -0.00657. The second kappa shape index (κ2) is 4.73. The molecule has 1 fully saturated rings. The maximum Gasteiger partial charge on any atom is 0.325 e. The normalized spacial score (nSPS) is 34.4. The number of hydrogen-bond donors (Lipinski definition) is 3. The zero-order chi connectivity index (χ0) is 10.8. The maximum atomic E-state index is 10.6. The van der Waals surface area contributed by atoms with E-state index in [4.69, 9.17) is 14.5 Å². The van der Waals surface area contributed by atoms with Crippen molar-refractivity contribution < 1.29 is 24.2 Å². The average molecular weight is 224 g/mol. The van der Waals surface area contributed by atoms with E-state index in [1.165, 1.54) is 0 Å². The Hall–Kier alpha value is 0.0700. The Morgan fingerprint density at radius 3 is 2.64 bits per heavy atom. The molecule has 1 unspecified atom stereocenters. The SMILES string of the molecule is CC1CO[C@H](CCP(=O)(O)O)C[C@@H]1O. The molecule has 5 nitrogen and oxygen atoms in total. The second-order valence-electron chi connectivity index (χ2n) is 3.91. The topological polar surface area (TPSA) is 87.0 Å². The molecule has 0 aromatic carbocycles. The van der Waals surface area contributed by atoms with E-state index < -0.39 is 13.7 Å². The van der Waals surface area contributed by atoms with Crippen molar-refractivity contribution in [3.63, 3.8) is 0 Å². The molecule has 0 bridgehead atoms. The molecule has 3 atom stereocenters. The van der Waals surface area contributed by atoms with Crippen molar-refractivity contribution in [2.45, 2.75) is 32.0 Å². The van der Waals surface area contributed by atoms with E-state index in [-0.39, 0.29) is 18.2 Å². The van der Waals surface area contributed by atoms with Crippen molar-refractivity contribution >= 4 is 7.60 Å². The fourth-order valence-corrected chi connectivity index (χ4v) is 2.11. The smallest absolute Gasteiger partial charge is 0.325 e. The van der Waals surface area contributed by atoms with Gasteiger partial charge in [-0.25, -0.2) is 0 Å². The van der Waals surface area contributed by atoms with Gasteiger partial charge in [-0.3, -0.25) is 4.57 Å². The molecule has 0 aromatic heterocycles. The molecule has 0 saturated carbocycles. The van der Waals surface area contributed by atoms with E-state index in [1.807, 2.05) is 6.92 Å². The molecule has 0 amide bonds. The predicted molar refractivity (Wildman–Crippen MR) is 51.1 cm³/mol. The number of ether oxygens (including phenoxy) is 1. The lowest BCUT2D eigenvalue weighted by atomic mass is 9.96. The Bertz CT molecular complexity index is 226. The van der Waals surface area contributed by atoms with Gasteiger partial charge in [-0.1, -0.05) is 6.92 Å². The Balaban J connectivity index is 2.30. The molecule has 6 heteroatoms. The minimum Gasteiger partial charge on any atom is -0.393 e. The second-order valence-corrected chi connectivity index (χ2v) is 5.69. The van der Waals surface area contributed by atoms with Gasteiger partial charge in [0.25, 0.3) is 0 Å². The van der Waals surface area contributed by atoms with Crippen LogP contribution < -0.4 is 0 Å². The van der Waals surface area contributed by atoms with Gasteiger partial charge >= 0.3 is 7.60 Å². The molecular formula is C8H17O5P. The van der Waals surface area contributed by atoms with Gasteiger partial charge in [0.2, 0.25) is 0 Å². The molecule has 1 aliphatic rings. The highest BCUT2D eigenvalue weighted by Gasteiger charge is 2.28. The summed E-state index contributed by atoms with van der Waals surface area (Å²) in [6, 6.07) is 0. The minimum absolute atomic E-state index is 0.112. The van der Waals surface area contributed by atoms with Crippen molar-refractivity contribution in [2.24, 2.45) is 5.92 Å². The van der Waals surface area contributed by atoms with E-state index in [9.17, 15) is 9.67 Å². The van der Waals surface area contributed by atoms with E-state index in [1.54, 1.807) is 0 Å². The molecular weight excluding hydrogens is 207 g/mol. The maximum absolute atomic E-state index is 10.6. The first-order chi connectivity index (χ1) is 6.38. The van der Waals surface area contributed by atoms with Gasteiger partial charge in [0.1, 0.15) is 0 Å². The summed E-state index contributed by atoms with van der Waals surface area (Å²) < 4.78 is 15.9. The highest BCUT2D eigenvalue weighted by molar-refractivity contribution is 7.51. The van der Waals surface area contributed by atoms with Crippen molar-refractivity contribution in [3.05, 3.63) is 0 Å². The van der Waals surface area contributed by atoms with Gasteiger partial charge in [0.15, 0.2) is 0 Å². The molecule has 14 heavy (non-hydrogen) atoms. The van der Waals surface area contributed by atoms with E-state index in [0.717, 1.165) is 0 Å². The van der Waals surface area contributed by atoms with Gasteiger partial charge in [-0.05, 0) is 12.8 Å². The molecule has 0 spiro atoms. The summed E-state index contributed by atoms with van der Waals surface area (Å²) in [5.74, 6) is 0.112. The van der Waals surface area contributed by atoms with E-state index in [2.05, 4.69) is 0 Å². The zero-order valence-corrected chi connectivity index (χ0v) is 9.06. The lowest BCUT2D eigenvalue weighted by Gasteiger charge is -2.31. The largest absolute Gasteiger partial charge is 0.393 e. The minimum atomic E-state index is -3.93. The van der Waals surface area contributed by atoms with Gasteiger partial charge in [0.05, 0.1) is 25.0 Å². The fourth-order valence-electron chi connectivity index (χ4n) is 1.48. The third-order valence-corrected chi connectivity index (χ3v) is 3.34. The summed E-state index contributed by atoms with van der Waals surface area (Å²) >= 11 is 0. The van der Waals surface area contributed by atoms with Gasteiger partial charge in [-0.15, -0.1) is 0 Å². The summed E-state index contributed by atoms with van der Waals surface area (Å²) in [4.78, 5) is 17.3. The number of aliphatic hydroxyl groups is 1. The molecule has 0 aliphatic carbocycles. The Morgan fingerprint density at radius 2 is 2.14 bits per heavy atom. The van der Waals surface area contributed by atoms with Crippen LogP contribution in [0.4, 0.5) is 0 Å². The van der Waals surface area contributed by atoms with Crippen LogP contribution in [0.15, 0.2) is 0 Å². The first-order valence-electron chi connectivity index (χ1n) is 4.73. The third-order valence-electron chi connectivity index (χ3n) is 2.50. The average Bonchev–Trinajstić information content (AvgIpc) is 2.06. The van der Waals surface area contributed by atoms with Crippen LogP contribution in [-0.4, -0.2) is 39.9 Å². The van der Waals surface area contributed by atoms with Crippen LogP contribution in [0.2, 0.25) is 0 Å². The lowest BCUT2D eigenvalue weighted by Crippen LogP contribution is -2.36. The molecule has 3 N–H and O–H groups in total.